The summed E-state index contributed by atoms with van der Waals surface area (Å²) < 4.78 is 3.63. The van der Waals surface area contributed by atoms with Gasteiger partial charge in [0, 0.05) is 21.5 Å². The Labute approximate surface area is 137 Å². The average molecular weight is 312 g/mol. The lowest BCUT2D eigenvalue weighted by atomic mass is 9.98. The van der Waals surface area contributed by atoms with Crippen LogP contribution in [-0.2, 0) is 0 Å². The molecule has 6 nitrogen and oxygen atoms in total. The van der Waals surface area contributed by atoms with Gasteiger partial charge in [-0.25, -0.2) is 19.3 Å². The van der Waals surface area contributed by atoms with Crippen LogP contribution >= 0.6 is 0 Å². The third-order valence-electron chi connectivity index (χ3n) is 4.17. The Morgan fingerprint density at radius 2 is 0.917 bits per heavy atom. The molecule has 0 N–H and O–H groups in total. The molecule has 0 unspecified atom stereocenters. The van der Waals surface area contributed by atoms with E-state index >= 15 is 0 Å². The molecule has 5 aromatic rings. The summed E-state index contributed by atoms with van der Waals surface area (Å²) in [5.74, 6) is 0. The van der Waals surface area contributed by atoms with E-state index in [1.165, 1.54) is 0 Å². The molecule has 0 aliphatic carbocycles. The first-order chi connectivity index (χ1) is 11.9. The van der Waals surface area contributed by atoms with Crippen molar-refractivity contribution in [2.75, 3.05) is 0 Å². The second-order valence-corrected chi connectivity index (χ2v) is 5.47. The first-order valence-electron chi connectivity index (χ1n) is 7.57. The summed E-state index contributed by atoms with van der Waals surface area (Å²) in [6.45, 7) is 0. The highest BCUT2D eigenvalue weighted by molar-refractivity contribution is 6.13. The Kier molecular flexibility index (Phi) is 2.69. The Hall–Kier alpha value is -3.54. The van der Waals surface area contributed by atoms with Gasteiger partial charge in [0.1, 0.15) is 25.3 Å². The molecule has 3 aromatic carbocycles. The SMILES string of the molecule is c1ccc2c(-n3cncn3)c3ccccc3c(-n3cncn3)c2c1. The maximum atomic E-state index is 4.35. The molecule has 0 radical (unpaired) electrons. The maximum Gasteiger partial charge on any atom is 0.138 e. The number of hydrogen-bond donors (Lipinski definition) is 0. The molecule has 0 bridgehead atoms. The molecule has 0 amide bonds. The number of aromatic nitrogens is 6. The maximum absolute atomic E-state index is 4.35. The Balaban J connectivity index is 2.06. The number of hydrogen-bond acceptors (Lipinski definition) is 4. The normalized spacial score (nSPS) is 11.3. The molecule has 5 rings (SSSR count). The van der Waals surface area contributed by atoms with E-state index in [-0.39, 0.29) is 0 Å². The van der Waals surface area contributed by atoms with Gasteiger partial charge in [-0.2, -0.15) is 10.2 Å². The van der Waals surface area contributed by atoms with Gasteiger partial charge in [-0.15, -0.1) is 0 Å². The molecular formula is C18H12N6. The molecule has 0 saturated heterocycles. The van der Waals surface area contributed by atoms with Gasteiger partial charge in [-0.3, -0.25) is 0 Å². The predicted octanol–water partition coefficient (Wildman–Crippen LogP) is 3.15. The van der Waals surface area contributed by atoms with E-state index in [9.17, 15) is 0 Å². The van der Waals surface area contributed by atoms with Gasteiger partial charge in [-0.05, 0) is 0 Å². The highest BCUT2D eigenvalue weighted by Crippen LogP contribution is 2.36. The summed E-state index contributed by atoms with van der Waals surface area (Å²) in [5, 5.41) is 13.1. The van der Waals surface area contributed by atoms with Crippen molar-refractivity contribution in [3.8, 4) is 11.4 Å². The zero-order valence-electron chi connectivity index (χ0n) is 12.6. The number of nitrogens with zero attached hydrogens (tertiary/aromatic N) is 6. The van der Waals surface area contributed by atoms with Crippen LogP contribution in [0.1, 0.15) is 0 Å². The predicted molar refractivity (Wildman–Crippen MR) is 91.3 cm³/mol. The van der Waals surface area contributed by atoms with E-state index in [0.29, 0.717) is 0 Å². The molecule has 0 aliphatic rings. The van der Waals surface area contributed by atoms with Gasteiger partial charge in [-0.1, -0.05) is 48.5 Å². The van der Waals surface area contributed by atoms with E-state index in [0.717, 1.165) is 32.9 Å². The standard InChI is InChI=1S/C18H12N6/c1-2-6-14-13(5-1)17(23-11-19-9-21-23)15-7-3-4-8-16(15)18(14)24-12-20-10-22-24/h1-12H. The topological polar surface area (TPSA) is 61.4 Å². The summed E-state index contributed by atoms with van der Waals surface area (Å²) >= 11 is 0. The lowest BCUT2D eigenvalue weighted by molar-refractivity contribution is 0.884. The molecule has 6 heteroatoms. The summed E-state index contributed by atoms with van der Waals surface area (Å²) in [7, 11) is 0. The Morgan fingerprint density at radius 1 is 0.542 bits per heavy atom. The van der Waals surface area contributed by atoms with Gasteiger partial charge in [0.25, 0.3) is 0 Å². The molecule has 0 atom stereocenters. The molecule has 114 valence electrons. The summed E-state index contributed by atoms with van der Waals surface area (Å²) in [6, 6.07) is 16.5. The van der Waals surface area contributed by atoms with Crippen molar-refractivity contribution in [2.45, 2.75) is 0 Å². The van der Waals surface area contributed by atoms with Crippen LogP contribution in [0.5, 0.6) is 0 Å². The van der Waals surface area contributed by atoms with Crippen LogP contribution in [0.2, 0.25) is 0 Å². The first kappa shape index (κ1) is 13.0. The molecule has 24 heavy (non-hydrogen) atoms. The van der Waals surface area contributed by atoms with Gasteiger partial charge in [0.05, 0.1) is 11.4 Å². The van der Waals surface area contributed by atoms with Crippen LogP contribution in [0.15, 0.2) is 73.8 Å². The summed E-state index contributed by atoms with van der Waals surface area (Å²) in [6.07, 6.45) is 6.55. The second kappa shape index (κ2) is 4.99. The summed E-state index contributed by atoms with van der Waals surface area (Å²) in [5.41, 5.74) is 2.03. The Morgan fingerprint density at radius 3 is 1.21 bits per heavy atom. The highest BCUT2D eigenvalue weighted by Gasteiger charge is 2.16. The van der Waals surface area contributed by atoms with Crippen molar-refractivity contribution in [1.82, 2.24) is 29.5 Å². The molecule has 0 saturated carbocycles. The van der Waals surface area contributed by atoms with E-state index in [2.05, 4.69) is 44.4 Å². The third kappa shape index (κ3) is 1.77. The van der Waals surface area contributed by atoms with Gasteiger partial charge < -0.3 is 0 Å². The monoisotopic (exact) mass is 312 g/mol. The van der Waals surface area contributed by atoms with Crippen molar-refractivity contribution in [3.63, 3.8) is 0 Å². The summed E-state index contributed by atoms with van der Waals surface area (Å²) in [4.78, 5) is 8.22. The van der Waals surface area contributed by atoms with Crippen LogP contribution in [-0.4, -0.2) is 29.5 Å². The van der Waals surface area contributed by atoms with E-state index in [1.54, 1.807) is 25.3 Å². The van der Waals surface area contributed by atoms with Crippen molar-refractivity contribution >= 4 is 21.5 Å². The van der Waals surface area contributed by atoms with Crippen LogP contribution in [0.4, 0.5) is 0 Å². The first-order valence-corrected chi connectivity index (χ1v) is 7.57. The van der Waals surface area contributed by atoms with E-state index < -0.39 is 0 Å². The van der Waals surface area contributed by atoms with Gasteiger partial charge in [0.15, 0.2) is 0 Å². The van der Waals surface area contributed by atoms with Crippen LogP contribution in [0.3, 0.4) is 0 Å². The zero-order chi connectivity index (χ0) is 15.9. The lowest BCUT2D eigenvalue weighted by Crippen LogP contribution is -2.03. The largest absolute Gasteiger partial charge is 0.223 e. The lowest BCUT2D eigenvalue weighted by Gasteiger charge is -2.16. The number of rotatable bonds is 2. The van der Waals surface area contributed by atoms with Crippen molar-refractivity contribution in [2.24, 2.45) is 0 Å². The Bertz CT molecular complexity index is 994. The molecule has 0 fully saturated rings. The molecule has 0 spiro atoms. The minimum Gasteiger partial charge on any atom is -0.223 e. The van der Waals surface area contributed by atoms with Crippen molar-refractivity contribution in [1.29, 1.82) is 0 Å². The fraction of sp³-hybridized carbons (Fsp3) is 0. The van der Waals surface area contributed by atoms with Crippen LogP contribution in [0, 0.1) is 0 Å². The van der Waals surface area contributed by atoms with E-state index in [4.69, 9.17) is 0 Å². The second-order valence-electron chi connectivity index (χ2n) is 5.47. The fourth-order valence-electron chi connectivity index (χ4n) is 3.22. The number of benzene rings is 3. The fourth-order valence-corrected chi connectivity index (χ4v) is 3.22. The van der Waals surface area contributed by atoms with Crippen molar-refractivity contribution < 1.29 is 0 Å². The number of fused-ring (bicyclic) bond motifs is 2. The minimum absolute atomic E-state index is 1.02. The quantitative estimate of drug-likeness (QED) is 0.470. The van der Waals surface area contributed by atoms with Gasteiger partial charge >= 0.3 is 0 Å². The molecule has 2 heterocycles. The minimum atomic E-state index is 1.02. The van der Waals surface area contributed by atoms with E-state index in [1.807, 2.05) is 33.6 Å². The highest BCUT2D eigenvalue weighted by atomic mass is 15.3. The van der Waals surface area contributed by atoms with Crippen LogP contribution in [0.25, 0.3) is 32.9 Å². The zero-order valence-corrected chi connectivity index (χ0v) is 12.6. The smallest absolute Gasteiger partial charge is 0.138 e. The van der Waals surface area contributed by atoms with Crippen molar-refractivity contribution in [3.05, 3.63) is 73.8 Å². The molecule has 2 aromatic heterocycles. The molecule has 0 aliphatic heterocycles. The van der Waals surface area contributed by atoms with Crippen LogP contribution < -0.4 is 0 Å². The molecular weight excluding hydrogens is 300 g/mol. The average Bonchev–Trinajstić information content (AvgIpc) is 3.33. The van der Waals surface area contributed by atoms with Gasteiger partial charge in [0.2, 0.25) is 0 Å². The third-order valence-corrected chi connectivity index (χ3v) is 4.17.